The lowest BCUT2D eigenvalue weighted by Crippen LogP contribution is -1.75. The highest BCUT2D eigenvalue weighted by atomic mass is 79.9. The first-order valence-electron chi connectivity index (χ1n) is 3.35. The maximum absolute atomic E-state index is 9.46. The molecule has 0 aliphatic rings. The zero-order valence-electron chi connectivity index (χ0n) is 6.04. The predicted molar refractivity (Wildman–Crippen MR) is 55.6 cm³/mol. The zero-order chi connectivity index (χ0) is 8.72. The molecule has 0 unspecified atom stereocenters. The Morgan fingerprint density at radius 2 is 2.17 bits per heavy atom. The Labute approximate surface area is 81.8 Å². The fourth-order valence-corrected chi connectivity index (χ4v) is 2.49. The Bertz CT molecular complexity index is 438. The van der Waals surface area contributed by atoms with Gasteiger partial charge < -0.3 is 10.8 Å². The molecule has 0 bridgehead atoms. The molecule has 3 N–H and O–H groups in total. The van der Waals surface area contributed by atoms with Crippen molar-refractivity contribution in [1.29, 1.82) is 0 Å². The molecule has 62 valence electrons. The van der Waals surface area contributed by atoms with Crippen molar-refractivity contribution in [3.8, 4) is 5.75 Å². The fraction of sp³-hybridized carbons (Fsp3) is 0. The second kappa shape index (κ2) is 2.64. The minimum absolute atomic E-state index is 0.197. The van der Waals surface area contributed by atoms with Gasteiger partial charge in [0.25, 0.3) is 0 Å². The molecule has 0 aliphatic carbocycles. The monoisotopic (exact) mass is 243 g/mol. The van der Waals surface area contributed by atoms with Gasteiger partial charge in [-0.25, -0.2) is 0 Å². The van der Waals surface area contributed by atoms with Crippen LogP contribution in [0.15, 0.2) is 22.7 Å². The van der Waals surface area contributed by atoms with Crippen LogP contribution in [-0.2, 0) is 0 Å². The summed E-state index contributed by atoms with van der Waals surface area (Å²) in [5.41, 5.74) is 5.56. The number of halogens is 1. The number of fused-ring (bicyclic) bond motifs is 1. The van der Waals surface area contributed by atoms with Crippen molar-refractivity contribution in [1.82, 2.24) is 0 Å². The molecular weight excluding hydrogens is 238 g/mol. The Balaban J connectivity index is 2.87. The van der Waals surface area contributed by atoms with E-state index in [0.29, 0.717) is 5.00 Å². The van der Waals surface area contributed by atoms with E-state index in [2.05, 4.69) is 15.9 Å². The van der Waals surface area contributed by atoms with Gasteiger partial charge in [0.15, 0.2) is 5.75 Å². The van der Waals surface area contributed by atoms with E-state index in [9.17, 15) is 5.11 Å². The number of hydrogen-bond donors (Lipinski definition) is 2. The van der Waals surface area contributed by atoms with Crippen LogP contribution in [-0.4, -0.2) is 5.11 Å². The van der Waals surface area contributed by atoms with Gasteiger partial charge in [-0.2, -0.15) is 0 Å². The number of hydrogen-bond acceptors (Lipinski definition) is 3. The minimum atomic E-state index is 0.197. The molecule has 12 heavy (non-hydrogen) atoms. The van der Waals surface area contributed by atoms with E-state index < -0.39 is 0 Å². The highest BCUT2D eigenvalue weighted by molar-refractivity contribution is 9.10. The summed E-state index contributed by atoms with van der Waals surface area (Å²) in [5.74, 6) is 0.197. The van der Waals surface area contributed by atoms with E-state index in [1.165, 1.54) is 11.3 Å². The number of anilines is 1. The lowest BCUT2D eigenvalue weighted by atomic mass is 10.2. The molecule has 2 rings (SSSR count). The normalized spacial score (nSPS) is 10.8. The maximum Gasteiger partial charge on any atom is 0.157 e. The van der Waals surface area contributed by atoms with Crippen molar-refractivity contribution in [3.63, 3.8) is 0 Å². The summed E-state index contributed by atoms with van der Waals surface area (Å²) in [7, 11) is 0. The van der Waals surface area contributed by atoms with Gasteiger partial charge in [0, 0.05) is 14.6 Å². The molecular formula is C8H6BrNOS. The fourth-order valence-electron chi connectivity index (χ4n) is 1.08. The molecule has 0 aliphatic heterocycles. The molecule has 0 amide bonds. The van der Waals surface area contributed by atoms with Crippen LogP contribution in [0.5, 0.6) is 5.75 Å². The first-order chi connectivity index (χ1) is 5.68. The zero-order valence-corrected chi connectivity index (χ0v) is 8.45. The Morgan fingerprint density at radius 1 is 1.42 bits per heavy atom. The van der Waals surface area contributed by atoms with Crippen molar-refractivity contribution in [2.75, 3.05) is 5.73 Å². The van der Waals surface area contributed by atoms with Crippen molar-refractivity contribution < 1.29 is 5.11 Å². The maximum atomic E-state index is 9.46. The van der Waals surface area contributed by atoms with Gasteiger partial charge in [-0.05, 0) is 18.2 Å². The minimum Gasteiger partial charge on any atom is -0.504 e. The second-order valence-corrected chi connectivity index (χ2v) is 4.45. The van der Waals surface area contributed by atoms with E-state index in [-0.39, 0.29) is 5.75 Å². The third-order valence-electron chi connectivity index (χ3n) is 1.65. The summed E-state index contributed by atoms with van der Waals surface area (Å²) in [5, 5.41) is 10.8. The van der Waals surface area contributed by atoms with E-state index in [0.717, 1.165) is 14.6 Å². The molecule has 4 heteroatoms. The van der Waals surface area contributed by atoms with Gasteiger partial charge in [-0.1, -0.05) is 15.9 Å². The quantitative estimate of drug-likeness (QED) is 0.748. The molecule has 2 aromatic rings. The van der Waals surface area contributed by atoms with Crippen LogP contribution < -0.4 is 5.73 Å². The number of rotatable bonds is 0. The topological polar surface area (TPSA) is 46.2 Å². The SMILES string of the molecule is Nc1sc2cc(Br)ccc2c1O. The molecule has 0 fully saturated rings. The van der Waals surface area contributed by atoms with Gasteiger partial charge in [0.2, 0.25) is 0 Å². The number of benzene rings is 1. The Morgan fingerprint density at radius 3 is 2.92 bits per heavy atom. The standard InChI is InChI=1S/C8H6BrNOS/c9-4-1-2-5-6(3-4)12-8(10)7(5)11/h1-3,11H,10H2. The highest BCUT2D eigenvalue weighted by Gasteiger charge is 2.07. The molecule has 1 aromatic carbocycles. The van der Waals surface area contributed by atoms with Gasteiger partial charge >= 0.3 is 0 Å². The van der Waals surface area contributed by atoms with E-state index >= 15 is 0 Å². The van der Waals surface area contributed by atoms with E-state index in [4.69, 9.17) is 5.73 Å². The third kappa shape index (κ3) is 1.07. The number of nitrogens with two attached hydrogens (primary N) is 1. The summed E-state index contributed by atoms with van der Waals surface area (Å²) in [6, 6.07) is 5.67. The lowest BCUT2D eigenvalue weighted by Gasteiger charge is -1.90. The molecule has 0 atom stereocenters. The van der Waals surface area contributed by atoms with Gasteiger partial charge in [-0.3, -0.25) is 0 Å². The average Bonchev–Trinajstić information content (AvgIpc) is 2.28. The average molecular weight is 244 g/mol. The number of nitrogen functional groups attached to an aromatic ring is 1. The molecule has 0 radical (unpaired) electrons. The lowest BCUT2D eigenvalue weighted by molar-refractivity contribution is 0.486. The first kappa shape index (κ1) is 7.89. The molecule has 2 nitrogen and oxygen atoms in total. The summed E-state index contributed by atoms with van der Waals surface area (Å²) < 4.78 is 2.00. The largest absolute Gasteiger partial charge is 0.504 e. The predicted octanol–water partition coefficient (Wildman–Crippen LogP) is 2.95. The highest BCUT2D eigenvalue weighted by Crippen LogP contribution is 2.39. The second-order valence-electron chi connectivity index (χ2n) is 2.46. The van der Waals surface area contributed by atoms with Crippen molar-refractivity contribution in [3.05, 3.63) is 22.7 Å². The van der Waals surface area contributed by atoms with E-state index in [1.807, 2.05) is 18.2 Å². The van der Waals surface area contributed by atoms with Crippen LogP contribution in [0.2, 0.25) is 0 Å². The molecule has 0 saturated heterocycles. The van der Waals surface area contributed by atoms with Gasteiger partial charge in [0.1, 0.15) is 5.00 Å². The van der Waals surface area contributed by atoms with E-state index in [1.54, 1.807) is 0 Å². The van der Waals surface area contributed by atoms with Crippen LogP contribution >= 0.6 is 27.3 Å². The number of aromatic hydroxyl groups is 1. The Hall–Kier alpha value is -0.740. The molecule has 0 spiro atoms. The van der Waals surface area contributed by atoms with Crippen LogP contribution in [0.4, 0.5) is 5.00 Å². The first-order valence-corrected chi connectivity index (χ1v) is 4.96. The van der Waals surface area contributed by atoms with Crippen LogP contribution in [0.25, 0.3) is 10.1 Å². The molecule has 1 aromatic heterocycles. The summed E-state index contributed by atoms with van der Waals surface area (Å²) in [6.07, 6.45) is 0. The number of thiophene rings is 1. The summed E-state index contributed by atoms with van der Waals surface area (Å²) >= 11 is 4.74. The summed E-state index contributed by atoms with van der Waals surface area (Å²) in [6.45, 7) is 0. The van der Waals surface area contributed by atoms with Crippen LogP contribution in [0.1, 0.15) is 0 Å². The van der Waals surface area contributed by atoms with Crippen LogP contribution in [0.3, 0.4) is 0 Å². The van der Waals surface area contributed by atoms with Gasteiger partial charge in [0.05, 0.1) is 0 Å². The molecule has 1 heterocycles. The molecule has 0 saturated carbocycles. The summed E-state index contributed by atoms with van der Waals surface area (Å²) in [4.78, 5) is 0. The smallest absolute Gasteiger partial charge is 0.157 e. The third-order valence-corrected chi connectivity index (χ3v) is 3.12. The van der Waals surface area contributed by atoms with Crippen molar-refractivity contribution in [2.45, 2.75) is 0 Å². The Kier molecular flexibility index (Phi) is 1.73. The van der Waals surface area contributed by atoms with Crippen molar-refractivity contribution >= 4 is 42.4 Å². The van der Waals surface area contributed by atoms with Crippen LogP contribution in [0, 0.1) is 0 Å². The van der Waals surface area contributed by atoms with Crippen molar-refractivity contribution in [2.24, 2.45) is 0 Å². The van der Waals surface area contributed by atoms with Gasteiger partial charge in [-0.15, -0.1) is 11.3 Å².